The summed E-state index contributed by atoms with van der Waals surface area (Å²) in [6, 6.07) is 15.5. The molecule has 0 bridgehead atoms. The molecule has 0 aliphatic carbocycles. The number of sulfonamides is 1. The maximum atomic E-state index is 13.0. The Balaban J connectivity index is 1.78. The Kier molecular flexibility index (Phi) is 6.81. The molecule has 1 amide bonds. The first-order valence-corrected chi connectivity index (χ1v) is 12.2. The number of amides is 1. The van der Waals surface area contributed by atoms with E-state index in [-0.39, 0.29) is 21.4 Å². The van der Waals surface area contributed by atoms with Gasteiger partial charge in [-0.1, -0.05) is 46.9 Å². The van der Waals surface area contributed by atoms with Crippen molar-refractivity contribution in [1.82, 2.24) is 19.5 Å². The number of halogens is 3. The molecule has 0 saturated carbocycles. The number of hydrogen-bond acceptors (Lipinski definition) is 6. The van der Waals surface area contributed by atoms with Crippen LogP contribution in [0.5, 0.6) is 5.75 Å². The first kappa shape index (κ1) is 24.0. The van der Waals surface area contributed by atoms with Crippen LogP contribution in [-0.2, 0) is 10.0 Å². The van der Waals surface area contributed by atoms with Gasteiger partial charge >= 0.3 is 0 Å². The van der Waals surface area contributed by atoms with E-state index >= 15 is 0 Å². The number of aromatic nitrogens is 3. The van der Waals surface area contributed by atoms with Gasteiger partial charge in [0.2, 0.25) is 0 Å². The maximum absolute atomic E-state index is 13.0. The zero-order valence-corrected chi connectivity index (χ0v) is 20.5. The maximum Gasteiger partial charge on any atom is 0.285 e. The number of carbonyl (C=O) groups is 1. The van der Waals surface area contributed by atoms with Gasteiger partial charge < -0.3 is 4.74 Å². The van der Waals surface area contributed by atoms with E-state index in [4.69, 9.17) is 39.5 Å². The molecular weight excluding hydrogens is 523 g/mol. The SMILES string of the molecule is COc1ccc(Cl)c(S(=O)(=O)NC(=O)c2cc(-c3ncccc3Cl)n(-c3ccccc3Cl)n2)c1. The first-order valence-electron chi connectivity index (χ1n) is 9.58. The highest BCUT2D eigenvalue weighted by atomic mass is 35.5. The normalized spacial score (nSPS) is 11.3. The van der Waals surface area contributed by atoms with Gasteiger partial charge in [-0.3, -0.25) is 9.78 Å². The van der Waals surface area contributed by atoms with Gasteiger partial charge in [0.25, 0.3) is 15.9 Å². The Morgan fingerprint density at radius 3 is 2.41 bits per heavy atom. The summed E-state index contributed by atoms with van der Waals surface area (Å²) in [4.78, 5) is 16.9. The van der Waals surface area contributed by atoms with Gasteiger partial charge in [-0.05, 0) is 42.5 Å². The van der Waals surface area contributed by atoms with E-state index in [1.54, 1.807) is 36.4 Å². The summed E-state index contributed by atoms with van der Waals surface area (Å²) in [6.07, 6.45) is 1.53. The molecule has 2 aromatic carbocycles. The lowest BCUT2D eigenvalue weighted by Gasteiger charge is -2.10. The molecule has 174 valence electrons. The van der Waals surface area contributed by atoms with Gasteiger partial charge in [-0.15, -0.1) is 0 Å². The molecule has 4 rings (SSSR count). The van der Waals surface area contributed by atoms with Crippen molar-refractivity contribution in [3.63, 3.8) is 0 Å². The molecule has 34 heavy (non-hydrogen) atoms. The second-order valence-corrected chi connectivity index (χ2v) is 9.72. The van der Waals surface area contributed by atoms with Crippen molar-refractivity contribution in [2.24, 2.45) is 0 Å². The Morgan fingerprint density at radius 1 is 0.971 bits per heavy atom. The van der Waals surface area contributed by atoms with Gasteiger partial charge in [0.15, 0.2) is 5.69 Å². The van der Waals surface area contributed by atoms with Crippen molar-refractivity contribution >= 4 is 50.7 Å². The number of rotatable bonds is 6. The minimum absolute atomic E-state index is 0.0800. The van der Waals surface area contributed by atoms with Crippen molar-refractivity contribution in [2.75, 3.05) is 7.11 Å². The number of para-hydroxylation sites is 1. The quantitative estimate of drug-likeness (QED) is 0.370. The zero-order valence-electron chi connectivity index (χ0n) is 17.4. The van der Waals surface area contributed by atoms with Crippen molar-refractivity contribution in [3.05, 3.63) is 87.6 Å². The monoisotopic (exact) mass is 536 g/mol. The summed E-state index contributed by atoms with van der Waals surface area (Å²) in [5.74, 6) is -0.731. The number of hydrogen-bond donors (Lipinski definition) is 1. The Hall–Kier alpha value is -3.11. The minimum Gasteiger partial charge on any atom is -0.497 e. The fourth-order valence-electron chi connectivity index (χ4n) is 3.09. The Morgan fingerprint density at radius 2 is 1.71 bits per heavy atom. The molecule has 1 N–H and O–H groups in total. The van der Waals surface area contributed by atoms with Gasteiger partial charge in [0, 0.05) is 12.3 Å². The Labute approximate surface area is 210 Å². The highest BCUT2D eigenvalue weighted by molar-refractivity contribution is 7.90. The summed E-state index contributed by atoms with van der Waals surface area (Å²) in [6.45, 7) is 0. The highest BCUT2D eigenvalue weighted by Gasteiger charge is 2.26. The summed E-state index contributed by atoms with van der Waals surface area (Å²) in [7, 11) is -2.97. The lowest BCUT2D eigenvalue weighted by Crippen LogP contribution is -2.31. The molecule has 2 heterocycles. The number of ether oxygens (including phenoxy) is 1. The third-order valence-corrected chi connectivity index (χ3v) is 7.12. The molecule has 0 aliphatic heterocycles. The van der Waals surface area contributed by atoms with E-state index in [9.17, 15) is 13.2 Å². The molecule has 0 spiro atoms. The van der Waals surface area contributed by atoms with Crippen LogP contribution in [0.25, 0.3) is 17.1 Å². The summed E-state index contributed by atoms with van der Waals surface area (Å²) >= 11 is 18.7. The molecule has 0 fully saturated rings. The van der Waals surface area contributed by atoms with E-state index in [0.717, 1.165) is 0 Å². The van der Waals surface area contributed by atoms with Gasteiger partial charge in [-0.2, -0.15) is 5.10 Å². The number of methoxy groups -OCH3 is 1. The highest BCUT2D eigenvalue weighted by Crippen LogP contribution is 2.31. The predicted molar refractivity (Wildman–Crippen MR) is 129 cm³/mol. The van der Waals surface area contributed by atoms with Crippen LogP contribution in [-0.4, -0.2) is 36.2 Å². The average Bonchev–Trinajstić information content (AvgIpc) is 3.25. The van der Waals surface area contributed by atoms with Crippen molar-refractivity contribution in [3.8, 4) is 22.8 Å². The van der Waals surface area contributed by atoms with Gasteiger partial charge in [0.05, 0.1) is 33.6 Å². The molecule has 0 radical (unpaired) electrons. The smallest absolute Gasteiger partial charge is 0.285 e. The van der Waals surface area contributed by atoms with Crippen molar-refractivity contribution in [1.29, 1.82) is 0 Å². The van der Waals surface area contributed by atoms with E-state index in [1.165, 1.54) is 42.3 Å². The third kappa shape index (κ3) is 4.74. The molecule has 0 saturated heterocycles. The third-order valence-electron chi connectivity index (χ3n) is 4.68. The fourth-order valence-corrected chi connectivity index (χ4v) is 5.00. The van der Waals surface area contributed by atoms with Crippen LogP contribution in [0, 0.1) is 0 Å². The second kappa shape index (κ2) is 9.63. The van der Waals surface area contributed by atoms with E-state index in [1.807, 2.05) is 4.72 Å². The lowest BCUT2D eigenvalue weighted by atomic mass is 10.2. The van der Waals surface area contributed by atoms with Crippen molar-refractivity contribution < 1.29 is 17.9 Å². The molecule has 0 unspecified atom stereocenters. The molecule has 0 aliphatic rings. The van der Waals surface area contributed by atoms with Crippen LogP contribution in [0.15, 0.2) is 71.8 Å². The van der Waals surface area contributed by atoms with Crippen LogP contribution in [0.3, 0.4) is 0 Å². The topological polar surface area (TPSA) is 103 Å². The van der Waals surface area contributed by atoms with Gasteiger partial charge in [0.1, 0.15) is 16.3 Å². The number of nitrogens with zero attached hydrogens (tertiary/aromatic N) is 3. The molecule has 2 aromatic heterocycles. The molecular formula is C22H15Cl3N4O4S. The van der Waals surface area contributed by atoms with Gasteiger partial charge in [-0.25, -0.2) is 17.8 Å². The van der Waals surface area contributed by atoms with E-state index in [0.29, 0.717) is 27.1 Å². The lowest BCUT2D eigenvalue weighted by molar-refractivity contribution is 0.0976. The van der Waals surface area contributed by atoms with Crippen molar-refractivity contribution in [2.45, 2.75) is 4.90 Å². The van der Waals surface area contributed by atoms with E-state index < -0.39 is 15.9 Å². The summed E-state index contributed by atoms with van der Waals surface area (Å²) in [5.41, 5.74) is 0.896. The number of benzene rings is 2. The summed E-state index contributed by atoms with van der Waals surface area (Å²) < 4.78 is 34.2. The molecule has 8 nitrogen and oxygen atoms in total. The number of carbonyl (C=O) groups excluding carboxylic acids is 1. The molecule has 12 heteroatoms. The minimum atomic E-state index is -4.35. The second-order valence-electron chi connectivity index (χ2n) is 6.84. The number of nitrogens with one attached hydrogen (secondary N) is 1. The van der Waals surface area contributed by atoms with Crippen LogP contribution in [0.2, 0.25) is 15.1 Å². The number of pyridine rings is 1. The van der Waals surface area contributed by atoms with Crippen LogP contribution < -0.4 is 9.46 Å². The van der Waals surface area contributed by atoms with Crippen LogP contribution in [0.1, 0.15) is 10.5 Å². The molecule has 4 aromatic rings. The fraction of sp³-hybridized carbons (Fsp3) is 0.0455. The Bertz CT molecular complexity index is 1440. The average molecular weight is 538 g/mol. The largest absolute Gasteiger partial charge is 0.497 e. The van der Waals surface area contributed by atoms with E-state index in [2.05, 4.69) is 10.1 Å². The van der Waals surface area contributed by atoms with Crippen LogP contribution in [0.4, 0.5) is 0 Å². The van der Waals surface area contributed by atoms with Crippen LogP contribution >= 0.6 is 34.8 Å². The summed E-state index contributed by atoms with van der Waals surface area (Å²) in [5, 5.41) is 4.87. The predicted octanol–water partition coefficient (Wildman–Crippen LogP) is 5.02. The first-order chi connectivity index (χ1) is 16.2. The standard InChI is InChI=1S/C22H15Cl3N4O4S/c1-33-13-8-9-15(24)20(11-13)34(31,32)28-22(30)17-12-19(21-16(25)6-4-10-26-21)29(27-17)18-7-3-2-5-14(18)23/h2-12H,1H3,(H,28,30). The zero-order chi connectivity index (χ0) is 24.5. The molecule has 0 atom stereocenters.